The Balaban J connectivity index is 1.77. The summed E-state index contributed by atoms with van der Waals surface area (Å²) in [5, 5.41) is 4.21. The molecule has 0 N–H and O–H groups in total. The molecule has 8 heteroatoms. The third-order valence-corrected chi connectivity index (χ3v) is 3.49. The molecular formula is C13H18N6O2. The third kappa shape index (κ3) is 2.61. The molecule has 8 nitrogen and oxygen atoms in total. The maximum absolute atomic E-state index is 11.7. The average Bonchev–Trinajstić information content (AvgIpc) is 2.95. The van der Waals surface area contributed by atoms with E-state index in [1.165, 1.54) is 6.33 Å². The fraction of sp³-hybridized carbons (Fsp3) is 0.538. The lowest BCUT2D eigenvalue weighted by Crippen LogP contribution is -2.49. The quantitative estimate of drug-likeness (QED) is 0.811. The number of aryl methyl sites for hydroxylation is 1. The summed E-state index contributed by atoms with van der Waals surface area (Å²) in [7, 11) is 0. The van der Waals surface area contributed by atoms with Gasteiger partial charge in [-0.15, -0.1) is 0 Å². The number of rotatable bonds is 2. The first kappa shape index (κ1) is 13.6. The van der Waals surface area contributed by atoms with Crippen molar-refractivity contribution in [2.75, 3.05) is 37.7 Å². The SMILES string of the molecule is CCOC(=O)N1CCN(c2cc(C)nc3ncnn23)CC1. The van der Waals surface area contributed by atoms with E-state index in [1.54, 1.807) is 9.42 Å². The first-order chi connectivity index (χ1) is 10.2. The lowest BCUT2D eigenvalue weighted by Gasteiger charge is -2.35. The fourth-order valence-electron chi connectivity index (χ4n) is 2.47. The second kappa shape index (κ2) is 5.55. The zero-order chi connectivity index (χ0) is 14.8. The zero-order valence-electron chi connectivity index (χ0n) is 12.2. The summed E-state index contributed by atoms with van der Waals surface area (Å²) in [5.74, 6) is 1.55. The minimum absolute atomic E-state index is 0.242. The van der Waals surface area contributed by atoms with Crippen LogP contribution in [0.25, 0.3) is 5.78 Å². The van der Waals surface area contributed by atoms with E-state index >= 15 is 0 Å². The Morgan fingerprint density at radius 1 is 1.33 bits per heavy atom. The number of fused-ring (bicyclic) bond motifs is 1. The summed E-state index contributed by atoms with van der Waals surface area (Å²) in [6.45, 7) is 6.89. The highest BCUT2D eigenvalue weighted by atomic mass is 16.6. The number of ether oxygens (including phenoxy) is 1. The van der Waals surface area contributed by atoms with Crippen molar-refractivity contribution in [2.24, 2.45) is 0 Å². The van der Waals surface area contributed by atoms with Gasteiger partial charge < -0.3 is 14.5 Å². The molecule has 0 atom stereocenters. The molecule has 21 heavy (non-hydrogen) atoms. The molecule has 0 aromatic carbocycles. The van der Waals surface area contributed by atoms with Crippen LogP contribution in [0, 0.1) is 6.92 Å². The lowest BCUT2D eigenvalue weighted by molar-refractivity contribution is 0.105. The van der Waals surface area contributed by atoms with Gasteiger partial charge in [0.15, 0.2) is 0 Å². The largest absolute Gasteiger partial charge is 0.450 e. The van der Waals surface area contributed by atoms with Crippen LogP contribution in [0.4, 0.5) is 10.6 Å². The zero-order valence-corrected chi connectivity index (χ0v) is 12.2. The fourth-order valence-corrected chi connectivity index (χ4v) is 2.47. The van der Waals surface area contributed by atoms with E-state index in [-0.39, 0.29) is 6.09 Å². The molecule has 1 aliphatic rings. The van der Waals surface area contributed by atoms with Crippen molar-refractivity contribution in [1.29, 1.82) is 0 Å². The highest BCUT2D eigenvalue weighted by Gasteiger charge is 2.23. The molecule has 0 saturated carbocycles. The molecule has 3 heterocycles. The summed E-state index contributed by atoms with van der Waals surface area (Å²) in [5.41, 5.74) is 0.901. The molecule has 1 fully saturated rings. The number of hydrogen-bond acceptors (Lipinski definition) is 6. The summed E-state index contributed by atoms with van der Waals surface area (Å²) < 4.78 is 6.76. The average molecular weight is 290 g/mol. The second-order valence-electron chi connectivity index (χ2n) is 4.90. The lowest BCUT2D eigenvalue weighted by atomic mass is 10.3. The van der Waals surface area contributed by atoms with Crippen molar-refractivity contribution in [3.05, 3.63) is 18.1 Å². The Morgan fingerprint density at radius 3 is 2.81 bits per heavy atom. The van der Waals surface area contributed by atoms with Gasteiger partial charge in [-0.2, -0.15) is 14.6 Å². The van der Waals surface area contributed by atoms with Crippen LogP contribution in [0.3, 0.4) is 0 Å². The summed E-state index contributed by atoms with van der Waals surface area (Å²) in [6, 6.07) is 1.99. The van der Waals surface area contributed by atoms with E-state index in [4.69, 9.17) is 4.74 Å². The van der Waals surface area contributed by atoms with Crippen LogP contribution < -0.4 is 4.90 Å². The normalized spacial score (nSPS) is 15.5. The van der Waals surface area contributed by atoms with Gasteiger partial charge in [-0.1, -0.05) is 0 Å². The van der Waals surface area contributed by atoms with Gasteiger partial charge in [0.2, 0.25) is 0 Å². The molecule has 2 aromatic heterocycles. The molecule has 3 rings (SSSR count). The maximum atomic E-state index is 11.7. The van der Waals surface area contributed by atoms with Crippen LogP contribution in [-0.4, -0.2) is 63.4 Å². The first-order valence-corrected chi connectivity index (χ1v) is 7.03. The smallest absolute Gasteiger partial charge is 0.409 e. The van der Waals surface area contributed by atoms with Gasteiger partial charge >= 0.3 is 6.09 Å². The molecule has 0 spiro atoms. The Hall–Kier alpha value is -2.38. The monoisotopic (exact) mass is 290 g/mol. The van der Waals surface area contributed by atoms with Gasteiger partial charge in [-0.3, -0.25) is 0 Å². The van der Waals surface area contributed by atoms with Crippen LogP contribution in [0.5, 0.6) is 0 Å². The Morgan fingerprint density at radius 2 is 2.10 bits per heavy atom. The molecular weight excluding hydrogens is 272 g/mol. The van der Waals surface area contributed by atoms with Gasteiger partial charge in [0.05, 0.1) is 6.61 Å². The van der Waals surface area contributed by atoms with Crippen molar-refractivity contribution < 1.29 is 9.53 Å². The van der Waals surface area contributed by atoms with E-state index in [0.29, 0.717) is 25.5 Å². The summed E-state index contributed by atoms with van der Waals surface area (Å²) in [6.07, 6.45) is 1.26. The van der Waals surface area contributed by atoms with E-state index in [0.717, 1.165) is 24.6 Å². The molecule has 0 unspecified atom stereocenters. The maximum Gasteiger partial charge on any atom is 0.409 e. The van der Waals surface area contributed by atoms with Gasteiger partial charge in [0.1, 0.15) is 12.1 Å². The summed E-state index contributed by atoms with van der Waals surface area (Å²) in [4.78, 5) is 24.1. The molecule has 0 radical (unpaired) electrons. The van der Waals surface area contributed by atoms with Gasteiger partial charge in [-0.25, -0.2) is 9.78 Å². The molecule has 112 valence electrons. The highest BCUT2D eigenvalue weighted by molar-refractivity contribution is 5.68. The summed E-state index contributed by atoms with van der Waals surface area (Å²) >= 11 is 0. The predicted octanol–water partition coefficient (Wildman–Crippen LogP) is 0.711. The first-order valence-electron chi connectivity index (χ1n) is 7.03. The van der Waals surface area contributed by atoms with Crippen LogP contribution >= 0.6 is 0 Å². The number of anilines is 1. The standard InChI is InChI=1S/C13H18N6O2/c1-3-21-13(20)18-6-4-17(5-7-18)11-8-10(2)16-12-14-9-15-19(11)12/h8-9H,3-7H2,1-2H3. The van der Waals surface area contributed by atoms with E-state index in [2.05, 4.69) is 20.0 Å². The minimum Gasteiger partial charge on any atom is -0.450 e. The van der Waals surface area contributed by atoms with Gasteiger partial charge in [0.25, 0.3) is 5.78 Å². The van der Waals surface area contributed by atoms with Gasteiger partial charge in [-0.05, 0) is 13.8 Å². The van der Waals surface area contributed by atoms with Crippen LogP contribution in [0.2, 0.25) is 0 Å². The highest BCUT2D eigenvalue weighted by Crippen LogP contribution is 2.18. The Labute approximate surface area is 122 Å². The predicted molar refractivity (Wildman–Crippen MR) is 76.3 cm³/mol. The van der Waals surface area contributed by atoms with Crippen LogP contribution in [-0.2, 0) is 4.74 Å². The number of nitrogens with zero attached hydrogens (tertiary/aromatic N) is 6. The van der Waals surface area contributed by atoms with E-state index < -0.39 is 0 Å². The molecule has 2 aromatic rings. The molecule has 0 aliphatic carbocycles. The second-order valence-corrected chi connectivity index (χ2v) is 4.90. The third-order valence-electron chi connectivity index (χ3n) is 3.49. The van der Waals surface area contributed by atoms with Crippen LogP contribution in [0.15, 0.2) is 12.4 Å². The molecule has 1 amide bonds. The number of amides is 1. The van der Waals surface area contributed by atoms with Gasteiger partial charge in [0, 0.05) is 37.9 Å². The molecule has 1 saturated heterocycles. The van der Waals surface area contributed by atoms with Crippen molar-refractivity contribution >= 4 is 17.7 Å². The minimum atomic E-state index is -0.242. The van der Waals surface area contributed by atoms with E-state index in [9.17, 15) is 4.79 Å². The number of piperazine rings is 1. The number of carbonyl (C=O) groups is 1. The number of carbonyl (C=O) groups excluding carboxylic acids is 1. The topological polar surface area (TPSA) is 75.9 Å². The van der Waals surface area contributed by atoms with Crippen molar-refractivity contribution in [3.8, 4) is 0 Å². The molecule has 0 bridgehead atoms. The van der Waals surface area contributed by atoms with Crippen LogP contribution in [0.1, 0.15) is 12.6 Å². The van der Waals surface area contributed by atoms with Crippen molar-refractivity contribution in [1.82, 2.24) is 24.5 Å². The van der Waals surface area contributed by atoms with E-state index in [1.807, 2.05) is 19.9 Å². The Bertz CT molecular complexity index is 647. The van der Waals surface area contributed by atoms with Crippen molar-refractivity contribution in [3.63, 3.8) is 0 Å². The van der Waals surface area contributed by atoms with Crippen molar-refractivity contribution in [2.45, 2.75) is 13.8 Å². The Kier molecular flexibility index (Phi) is 3.59. The molecule has 1 aliphatic heterocycles. The number of aromatic nitrogens is 4. The number of hydrogen-bond donors (Lipinski definition) is 0.